The molecule has 2 aromatic heterocycles. The van der Waals surface area contributed by atoms with Crippen LogP contribution in [0.5, 0.6) is 0 Å². The lowest BCUT2D eigenvalue weighted by molar-refractivity contribution is 0.0930. The number of nitrogens with zero attached hydrogens (tertiary/aromatic N) is 1. The first-order valence-electron chi connectivity index (χ1n) is 6.94. The van der Waals surface area contributed by atoms with E-state index in [9.17, 15) is 4.79 Å². The van der Waals surface area contributed by atoms with E-state index in [-0.39, 0.29) is 11.9 Å². The second kappa shape index (κ2) is 5.32. The molecule has 5 heteroatoms. The van der Waals surface area contributed by atoms with Gasteiger partial charge in [-0.15, -0.1) is 11.3 Å². The Morgan fingerprint density at radius 2 is 2.40 bits per heavy atom. The summed E-state index contributed by atoms with van der Waals surface area (Å²) < 4.78 is 2.02. The highest BCUT2D eigenvalue weighted by Crippen LogP contribution is 2.37. The number of nitrogens with two attached hydrogens (primary N) is 1. The van der Waals surface area contributed by atoms with Crippen molar-refractivity contribution in [2.75, 3.05) is 5.73 Å². The number of carbonyl (C=O) groups excluding carboxylic acids is 1. The van der Waals surface area contributed by atoms with Crippen molar-refractivity contribution >= 4 is 22.9 Å². The van der Waals surface area contributed by atoms with Gasteiger partial charge in [0.1, 0.15) is 5.69 Å². The van der Waals surface area contributed by atoms with Crippen LogP contribution in [0.25, 0.3) is 0 Å². The van der Waals surface area contributed by atoms with Gasteiger partial charge in [0.25, 0.3) is 5.91 Å². The molecule has 0 saturated heterocycles. The molecule has 0 aliphatic heterocycles. The van der Waals surface area contributed by atoms with E-state index in [2.05, 4.69) is 16.8 Å². The highest BCUT2D eigenvalue weighted by molar-refractivity contribution is 7.09. The molecule has 0 aromatic carbocycles. The minimum atomic E-state index is -0.0299. The summed E-state index contributed by atoms with van der Waals surface area (Å²) in [5.74, 6) is -0.0299. The number of nitrogens with one attached hydrogen (secondary N) is 1. The van der Waals surface area contributed by atoms with E-state index in [4.69, 9.17) is 5.73 Å². The molecule has 1 amide bonds. The molecule has 106 valence electrons. The highest BCUT2D eigenvalue weighted by Gasteiger charge is 2.28. The van der Waals surface area contributed by atoms with Gasteiger partial charge in [0.15, 0.2) is 0 Å². The SMILES string of the molecule is CC(Cc1cccs1)NC(=O)c1cc(N)cn1C1CC1. The average molecular weight is 289 g/mol. The van der Waals surface area contributed by atoms with Gasteiger partial charge in [-0.25, -0.2) is 0 Å². The second-order valence-corrected chi connectivity index (χ2v) is 6.49. The molecule has 1 unspecified atom stereocenters. The fraction of sp³-hybridized carbons (Fsp3) is 0.400. The summed E-state index contributed by atoms with van der Waals surface area (Å²) in [5.41, 5.74) is 7.17. The zero-order chi connectivity index (χ0) is 14.1. The van der Waals surface area contributed by atoms with Gasteiger partial charge in [-0.3, -0.25) is 4.79 Å². The quantitative estimate of drug-likeness (QED) is 0.889. The van der Waals surface area contributed by atoms with Crippen LogP contribution in [-0.2, 0) is 6.42 Å². The first kappa shape index (κ1) is 13.2. The number of anilines is 1. The van der Waals surface area contributed by atoms with Crippen LogP contribution in [0.3, 0.4) is 0 Å². The van der Waals surface area contributed by atoms with Crippen LogP contribution >= 0.6 is 11.3 Å². The lowest BCUT2D eigenvalue weighted by atomic mass is 10.2. The highest BCUT2D eigenvalue weighted by atomic mass is 32.1. The predicted molar refractivity (Wildman–Crippen MR) is 82.1 cm³/mol. The maximum absolute atomic E-state index is 12.4. The Morgan fingerprint density at radius 3 is 3.05 bits per heavy atom. The summed E-state index contributed by atoms with van der Waals surface area (Å²) in [6, 6.07) is 6.47. The first-order chi connectivity index (χ1) is 9.63. The molecule has 0 radical (unpaired) electrons. The van der Waals surface area contributed by atoms with Crippen molar-refractivity contribution < 1.29 is 4.79 Å². The molecule has 1 aliphatic rings. The van der Waals surface area contributed by atoms with E-state index >= 15 is 0 Å². The van der Waals surface area contributed by atoms with Crippen molar-refractivity contribution in [1.82, 2.24) is 9.88 Å². The number of aromatic nitrogens is 1. The number of thiophene rings is 1. The number of hydrogen-bond acceptors (Lipinski definition) is 3. The third-order valence-electron chi connectivity index (χ3n) is 3.51. The Kier molecular flexibility index (Phi) is 3.53. The number of carbonyl (C=O) groups is 1. The van der Waals surface area contributed by atoms with Crippen LogP contribution in [-0.4, -0.2) is 16.5 Å². The normalized spacial score (nSPS) is 16.1. The van der Waals surface area contributed by atoms with E-state index in [1.54, 1.807) is 17.4 Å². The Bertz CT molecular complexity index is 599. The third kappa shape index (κ3) is 2.88. The molecule has 2 aromatic rings. The van der Waals surface area contributed by atoms with Gasteiger partial charge >= 0.3 is 0 Å². The molecule has 0 bridgehead atoms. The molecule has 2 heterocycles. The second-order valence-electron chi connectivity index (χ2n) is 5.46. The number of rotatable bonds is 5. The van der Waals surface area contributed by atoms with Crippen molar-refractivity contribution in [2.24, 2.45) is 0 Å². The molecule has 1 fully saturated rings. The summed E-state index contributed by atoms with van der Waals surface area (Å²) in [6.45, 7) is 2.03. The number of nitrogen functional groups attached to an aromatic ring is 1. The van der Waals surface area contributed by atoms with Gasteiger partial charge in [-0.2, -0.15) is 0 Å². The largest absolute Gasteiger partial charge is 0.397 e. The van der Waals surface area contributed by atoms with Crippen LogP contribution in [0, 0.1) is 0 Å². The third-order valence-corrected chi connectivity index (χ3v) is 4.41. The lowest BCUT2D eigenvalue weighted by Crippen LogP contribution is -2.35. The van der Waals surface area contributed by atoms with Crippen molar-refractivity contribution in [1.29, 1.82) is 0 Å². The molecule has 1 aliphatic carbocycles. The molecule has 1 atom stereocenters. The van der Waals surface area contributed by atoms with Gasteiger partial charge < -0.3 is 15.6 Å². The van der Waals surface area contributed by atoms with E-state index in [1.165, 1.54) is 4.88 Å². The fourth-order valence-electron chi connectivity index (χ4n) is 2.42. The standard InChI is InChI=1S/C15H19N3OS/c1-10(7-13-3-2-6-20-13)17-15(19)14-8-11(16)9-18(14)12-4-5-12/h2-3,6,8-10,12H,4-5,7,16H2,1H3,(H,17,19). The van der Waals surface area contributed by atoms with Crippen molar-refractivity contribution in [3.63, 3.8) is 0 Å². The number of hydrogen-bond donors (Lipinski definition) is 2. The summed E-state index contributed by atoms with van der Waals surface area (Å²) in [4.78, 5) is 13.7. The molecule has 3 N–H and O–H groups in total. The van der Waals surface area contributed by atoms with Gasteiger partial charge in [-0.1, -0.05) is 6.07 Å². The van der Waals surface area contributed by atoms with Crippen LogP contribution in [0.2, 0.25) is 0 Å². The van der Waals surface area contributed by atoms with Crippen LogP contribution < -0.4 is 11.1 Å². The van der Waals surface area contributed by atoms with Crippen LogP contribution in [0.15, 0.2) is 29.8 Å². The van der Waals surface area contributed by atoms with Crippen molar-refractivity contribution in [3.05, 3.63) is 40.3 Å². The van der Waals surface area contributed by atoms with E-state index in [1.807, 2.05) is 23.8 Å². The van der Waals surface area contributed by atoms with Gasteiger partial charge in [0.2, 0.25) is 0 Å². The molecular formula is C15H19N3OS. The zero-order valence-electron chi connectivity index (χ0n) is 11.5. The van der Waals surface area contributed by atoms with Crippen LogP contribution in [0.1, 0.15) is 41.2 Å². The predicted octanol–water partition coefficient (Wildman–Crippen LogP) is 2.83. The maximum Gasteiger partial charge on any atom is 0.268 e. The first-order valence-corrected chi connectivity index (χ1v) is 7.82. The monoisotopic (exact) mass is 289 g/mol. The summed E-state index contributed by atoms with van der Waals surface area (Å²) in [6.07, 6.45) is 5.01. The van der Waals surface area contributed by atoms with Crippen molar-refractivity contribution in [3.8, 4) is 0 Å². The van der Waals surface area contributed by atoms with Gasteiger partial charge in [0, 0.05) is 29.6 Å². The number of amides is 1. The zero-order valence-corrected chi connectivity index (χ0v) is 12.3. The fourth-order valence-corrected chi connectivity index (χ4v) is 3.25. The van der Waals surface area contributed by atoms with Crippen molar-refractivity contribution in [2.45, 2.75) is 38.3 Å². The molecule has 20 heavy (non-hydrogen) atoms. The molecule has 3 rings (SSSR count). The Morgan fingerprint density at radius 1 is 1.60 bits per heavy atom. The Balaban J connectivity index is 1.66. The van der Waals surface area contributed by atoms with E-state index in [0.717, 1.165) is 19.3 Å². The summed E-state index contributed by atoms with van der Waals surface area (Å²) >= 11 is 1.72. The lowest BCUT2D eigenvalue weighted by Gasteiger charge is -2.14. The van der Waals surface area contributed by atoms with E-state index in [0.29, 0.717) is 17.4 Å². The van der Waals surface area contributed by atoms with E-state index < -0.39 is 0 Å². The smallest absolute Gasteiger partial charge is 0.268 e. The van der Waals surface area contributed by atoms with Crippen LogP contribution in [0.4, 0.5) is 5.69 Å². The van der Waals surface area contributed by atoms with Gasteiger partial charge in [0.05, 0.1) is 5.69 Å². The topological polar surface area (TPSA) is 60.1 Å². The summed E-state index contributed by atoms with van der Waals surface area (Å²) in [7, 11) is 0. The van der Waals surface area contributed by atoms with Gasteiger partial charge in [-0.05, 0) is 37.3 Å². The average Bonchev–Trinajstić information content (AvgIpc) is 2.98. The Labute approximate surface area is 122 Å². The molecule has 1 saturated carbocycles. The maximum atomic E-state index is 12.4. The molecule has 0 spiro atoms. The minimum Gasteiger partial charge on any atom is -0.397 e. The molecular weight excluding hydrogens is 270 g/mol. The molecule has 4 nitrogen and oxygen atoms in total. The summed E-state index contributed by atoms with van der Waals surface area (Å²) in [5, 5.41) is 5.12. The Hall–Kier alpha value is -1.75. The minimum absolute atomic E-state index is 0.0299.